The standard InChI is InChI=1S/C10H16O4.4CH3.2Sb/c1-7(2)9(11)13-5-6-14-10(12)8(3)4;;;;;;/h5-6H2,1-4H3;4*1H3;;. The molecule has 0 aromatic rings. The van der Waals surface area contributed by atoms with Crippen molar-refractivity contribution < 1.29 is 19.1 Å². The molecule has 4 nitrogen and oxygen atoms in total. The van der Waals surface area contributed by atoms with Crippen molar-refractivity contribution >= 4 is 52.4 Å². The van der Waals surface area contributed by atoms with Crippen LogP contribution in [0.3, 0.4) is 0 Å². The summed E-state index contributed by atoms with van der Waals surface area (Å²) >= 11 is -3.10. The van der Waals surface area contributed by atoms with Gasteiger partial charge < -0.3 is 0 Å². The summed E-state index contributed by atoms with van der Waals surface area (Å²) in [5, 5.41) is 0. The van der Waals surface area contributed by atoms with Gasteiger partial charge in [-0.3, -0.25) is 0 Å². The van der Waals surface area contributed by atoms with Gasteiger partial charge in [0.05, 0.1) is 0 Å². The fraction of sp³-hybridized carbons (Fsp3) is 0.857. The molecule has 0 aromatic heterocycles. The molecule has 0 radical (unpaired) electrons. The molecule has 6 heteroatoms. The fourth-order valence-electron chi connectivity index (χ4n) is 0.987. The molecule has 118 valence electrons. The molecule has 0 amide bonds. The number of carbonyl (C=O) groups excluding carboxylic acids is 2. The van der Waals surface area contributed by atoms with E-state index in [4.69, 9.17) is 9.47 Å². The van der Waals surface area contributed by atoms with Crippen molar-refractivity contribution in [1.82, 2.24) is 0 Å². The number of ether oxygens (including phenoxy) is 2. The first-order valence-electron chi connectivity index (χ1n) is 6.63. The zero-order valence-electron chi connectivity index (χ0n) is 13.9. The summed E-state index contributed by atoms with van der Waals surface area (Å²) in [7, 11) is 0. The normalized spacial score (nSPS) is 12.7. The second kappa shape index (κ2) is 8.27. The molecule has 0 saturated heterocycles. The van der Waals surface area contributed by atoms with Crippen LogP contribution in [0, 0.1) is 0 Å². The van der Waals surface area contributed by atoms with Crippen LogP contribution in [0.2, 0.25) is 26.2 Å². The van der Waals surface area contributed by atoms with E-state index in [1.54, 1.807) is 0 Å². The van der Waals surface area contributed by atoms with E-state index in [0.717, 1.165) is 0 Å². The molecule has 0 unspecified atom stereocenters. The summed E-state index contributed by atoms with van der Waals surface area (Å²) in [5.74, 6) is -0.330. The molecule has 0 bridgehead atoms. The average Bonchev–Trinajstić information content (AvgIpc) is 2.33. The van der Waals surface area contributed by atoms with Crippen LogP contribution in [0.25, 0.3) is 0 Å². The van der Waals surface area contributed by atoms with E-state index < -0.39 is 40.4 Å². The van der Waals surface area contributed by atoms with Gasteiger partial charge in [0.2, 0.25) is 0 Å². The molecule has 20 heavy (non-hydrogen) atoms. The number of hydrogen-bond donors (Lipinski definition) is 0. The van der Waals surface area contributed by atoms with Crippen LogP contribution < -0.4 is 0 Å². The Balaban J connectivity index is 4.17. The van der Waals surface area contributed by atoms with Crippen LogP contribution >= 0.6 is 0 Å². The Morgan fingerprint density at radius 3 is 1.20 bits per heavy atom. The van der Waals surface area contributed by atoms with E-state index in [-0.39, 0.29) is 31.9 Å². The second-order valence-corrected chi connectivity index (χ2v) is 22.8. The summed E-state index contributed by atoms with van der Waals surface area (Å²) in [4.78, 5) is 32.6. The Hall–Kier alpha value is 0.576. The molecule has 0 rings (SSSR count). The van der Waals surface area contributed by atoms with Gasteiger partial charge in [-0.2, -0.15) is 0 Å². The molecular formula is C14H28O4Sb2. The van der Waals surface area contributed by atoms with Gasteiger partial charge in [-0.05, 0) is 0 Å². The van der Waals surface area contributed by atoms with Gasteiger partial charge in [-0.25, -0.2) is 0 Å². The van der Waals surface area contributed by atoms with Crippen LogP contribution in [0.5, 0.6) is 0 Å². The molecule has 0 fully saturated rings. The maximum absolute atomic E-state index is 11.9. The van der Waals surface area contributed by atoms with Crippen LogP contribution in [-0.4, -0.2) is 65.6 Å². The van der Waals surface area contributed by atoms with Crippen LogP contribution in [-0.2, 0) is 19.1 Å². The quantitative estimate of drug-likeness (QED) is 0.304. The zero-order valence-corrected chi connectivity index (χ0v) is 19.0. The molecule has 0 aliphatic rings. The predicted molar refractivity (Wildman–Crippen MR) is 85.0 cm³/mol. The van der Waals surface area contributed by atoms with Gasteiger partial charge in [0.1, 0.15) is 0 Å². The monoisotopic (exact) mass is 502 g/mol. The van der Waals surface area contributed by atoms with E-state index in [1.165, 1.54) is 0 Å². The molecule has 0 saturated carbocycles. The van der Waals surface area contributed by atoms with Crippen molar-refractivity contribution in [3.8, 4) is 0 Å². The Morgan fingerprint density at radius 2 is 1.00 bits per heavy atom. The number of carbonyl (C=O) groups is 2. The van der Waals surface area contributed by atoms with E-state index in [9.17, 15) is 9.59 Å². The molecular weight excluding hydrogens is 476 g/mol. The van der Waals surface area contributed by atoms with E-state index >= 15 is 0 Å². The minimum absolute atomic E-state index is 0.156. The van der Waals surface area contributed by atoms with Gasteiger partial charge in [-0.15, -0.1) is 0 Å². The van der Waals surface area contributed by atoms with Crippen molar-refractivity contribution in [2.45, 2.75) is 53.9 Å². The number of esters is 2. The topological polar surface area (TPSA) is 52.6 Å². The molecule has 0 atom stereocenters. The van der Waals surface area contributed by atoms with Crippen LogP contribution in [0.4, 0.5) is 0 Å². The number of rotatable bonds is 7. The fourth-order valence-corrected chi connectivity index (χ4v) is 3.44. The first-order chi connectivity index (χ1) is 8.94. The Labute approximate surface area is 137 Å². The summed E-state index contributed by atoms with van der Waals surface area (Å²) < 4.78 is 9.80. The molecule has 0 spiro atoms. The van der Waals surface area contributed by atoms with Gasteiger partial charge in [0, 0.05) is 0 Å². The van der Waals surface area contributed by atoms with Gasteiger partial charge >= 0.3 is 139 Å². The van der Waals surface area contributed by atoms with E-state index in [2.05, 4.69) is 19.5 Å². The number of hydrogen-bond acceptors (Lipinski definition) is 4. The Bertz CT molecular complexity index is 315. The first kappa shape index (κ1) is 20.6. The zero-order chi connectivity index (χ0) is 16.1. The third kappa shape index (κ3) is 5.76. The van der Waals surface area contributed by atoms with Gasteiger partial charge in [0.15, 0.2) is 0 Å². The molecule has 0 aliphatic carbocycles. The average molecular weight is 504 g/mol. The molecule has 0 aromatic carbocycles. The van der Waals surface area contributed by atoms with Crippen molar-refractivity contribution in [2.24, 2.45) is 0 Å². The van der Waals surface area contributed by atoms with Crippen LogP contribution in [0.15, 0.2) is 0 Å². The van der Waals surface area contributed by atoms with Gasteiger partial charge in [0.25, 0.3) is 0 Å². The van der Waals surface area contributed by atoms with Crippen molar-refractivity contribution in [2.75, 3.05) is 13.2 Å². The first-order valence-corrected chi connectivity index (χ1v) is 19.4. The third-order valence-corrected chi connectivity index (χ3v) is 17.6. The maximum atomic E-state index is 11.9. The van der Waals surface area contributed by atoms with Crippen molar-refractivity contribution in [3.63, 3.8) is 0 Å². The molecule has 0 N–H and O–H groups in total. The summed E-state index contributed by atoms with van der Waals surface area (Å²) in [6.07, 6.45) is 0. The predicted octanol–water partition coefficient (Wildman–Crippen LogP) is 3.14. The van der Waals surface area contributed by atoms with Gasteiger partial charge in [-0.1, -0.05) is 0 Å². The van der Waals surface area contributed by atoms with Crippen molar-refractivity contribution in [1.29, 1.82) is 0 Å². The van der Waals surface area contributed by atoms with E-state index in [0.29, 0.717) is 0 Å². The second-order valence-electron chi connectivity index (χ2n) is 6.18. The summed E-state index contributed by atoms with van der Waals surface area (Å²) in [6.45, 7) is 8.09. The Morgan fingerprint density at radius 1 is 0.750 bits per heavy atom. The van der Waals surface area contributed by atoms with E-state index in [1.807, 2.05) is 27.7 Å². The molecule has 0 heterocycles. The molecule has 0 aliphatic heterocycles. The van der Waals surface area contributed by atoms with Crippen molar-refractivity contribution in [3.05, 3.63) is 0 Å². The third-order valence-electron chi connectivity index (χ3n) is 3.78. The minimum atomic E-state index is -1.55. The SMILES string of the molecule is [CH3][Sb]([CH3])[C](C)(C)C(=O)OCCOC(=O)[C](C)(C)[Sb]([CH3])[CH3]. The Kier molecular flexibility index (Phi) is 8.51. The van der Waals surface area contributed by atoms with Crippen LogP contribution in [0.1, 0.15) is 27.7 Å². The summed E-state index contributed by atoms with van der Waals surface area (Å²) in [5.41, 5.74) is 0. The summed E-state index contributed by atoms with van der Waals surface area (Å²) in [6, 6.07) is 0.